The average molecular weight is 352 g/mol. The van der Waals surface area contributed by atoms with Gasteiger partial charge >= 0.3 is 5.97 Å². The van der Waals surface area contributed by atoms with Gasteiger partial charge in [0, 0.05) is 6.54 Å². The Labute approximate surface area is 147 Å². The van der Waals surface area contributed by atoms with Gasteiger partial charge in [-0.05, 0) is 44.2 Å². The van der Waals surface area contributed by atoms with Crippen molar-refractivity contribution in [3.63, 3.8) is 0 Å². The van der Waals surface area contributed by atoms with Crippen LogP contribution in [0.3, 0.4) is 0 Å². The molecule has 1 aromatic rings. The van der Waals surface area contributed by atoms with E-state index in [1.807, 2.05) is 0 Å². The first-order valence-corrected chi connectivity index (χ1v) is 8.50. The lowest BCUT2D eigenvalue weighted by Gasteiger charge is -2.13. The summed E-state index contributed by atoms with van der Waals surface area (Å²) < 4.78 is 10.1. The minimum absolute atomic E-state index is 0.288. The molecule has 0 fully saturated rings. The van der Waals surface area contributed by atoms with Crippen molar-refractivity contribution in [2.75, 3.05) is 19.8 Å². The van der Waals surface area contributed by atoms with E-state index in [9.17, 15) is 9.59 Å². The Kier molecular flexibility index (Phi) is 7.62. The third kappa shape index (κ3) is 6.62. The number of ether oxygens (including phenoxy) is 2. The van der Waals surface area contributed by atoms with Gasteiger partial charge in [0.15, 0.2) is 13.2 Å². The zero-order chi connectivity index (χ0) is 17.2. The lowest BCUT2D eigenvalue weighted by Crippen LogP contribution is -2.30. The molecule has 6 heteroatoms. The Bertz CT molecular complexity index is 600. The second-order valence-corrected chi connectivity index (χ2v) is 6.00. The van der Waals surface area contributed by atoms with Crippen molar-refractivity contribution in [2.24, 2.45) is 0 Å². The number of benzene rings is 1. The molecule has 0 saturated carbocycles. The molecular weight excluding hydrogens is 330 g/mol. The number of para-hydroxylation sites is 1. The van der Waals surface area contributed by atoms with Crippen LogP contribution in [0.15, 0.2) is 35.9 Å². The second-order valence-electron chi connectivity index (χ2n) is 5.59. The fourth-order valence-corrected chi connectivity index (χ4v) is 2.62. The molecule has 130 valence electrons. The topological polar surface area (TPSA) is 64.6 Å². The molecule has 1 aromatic carbocycles. The summed E-state index contributed by atoms with van der Waals surface area (Å²) >= 11 is 5.91. The van der Waals surface area contributed by atoms with Crippen LogP contribution in [0.1, 0.15) is 32.1 Å². The van der Waals surface area contributed by atoms with Gasteiger partial charge < -0.3 is 14.8 Å². The number of carbonyl (C=O) groups excluding carboxylic acids is 2. The minimum Gasteiger partial charge on any atom is -0.480 e. The van der Waals surface area contributed by atoms with E-state index in [0.717, 1.165) is 19.3 Å². The van der Waals surface area contributed by atoms with Crippen molar-refractivity contribution >= 4 is 23.5 Å². The highest BCUT2D eigenvalue weighted by atomic mass is 35.5. The lowest BCUT2D eigenvalue weighted by atomic mass is 9.97. The van der Waals surface area contributed by atoms with Crippen LogP contribution >= 0.6 is 11.6 Å². The molecule has 0 saturated heterocycles. The summed E-state index contributed by atoms with van der Waals surface area (Å²) in [5, 5.41) is 3.17. The van der Waals surface area contributed by atoms with E-state index in [0.29, 0.717) is 17.3 Å². The van der Waals surface area contributed by atoms with Gasteiger partial charge in [0.2, 0.25) is 0 Å². The molecule has 1 aliphatic carbocycles. The van der Waals surface area contributed by atoms with E-state index in [1.165, 1.54) is 18.4 Å². The van der Waals surface area contributed by atoms with Gasteiger partial charge in [-0.3, -0.25) is 4.79 Å². The number of halogens is 1. The Morgan fingerprint density at radius 2 is 2.00 bits per heavy atom. The van der Waals surface area contributed by atoms with Gasteiger partial charge in [0.05, 0.1) is 5.02 Å². The van der Waals surface area contributed by atoms with E-state index in [1.54, 1.807) is 24.3 Å². The van der Waals surface area contributed by atoms with Crippen LogP contribution in [0.2, 0.25) is 5.02 Å². The molecule has 1 N–H and O–H groups in total. The maximum Gasteiger partial charge on any atom is 0.344 e. The van der Waals surface area contributed by atoms with E-state index >= 15 is 0 Å². The predicted octanol–water partition coefficient (Wildman–Crippen LogP) is 3.27. The molecule has 0 aliphatic heterocycles. The zero-order valence-corrected chi connectivity index (χ0v) is 14.3. The van der Waals surface area contributed by atoms with Crippen molar-refractivity contribution in [3.05, 3.63) is 40.9 Å². The molecule has 0 spiro atoms. The van der Waals surface area contributed by atoms with Crippen molar-refractivity contribution in [1.82, 2.24) is 5.32 Å². The molecule has 0 bridgehead atoms. The predicted molar refractivity (Wildman–Crippen MR) is 92.1 cm³/mol. The molecule has 24 heavy (non-hydrogen) atoms. The van der Waals surface area contributed by atoms with Crippen molar-refractivity contribution in [3.8, 4) is 5.75 Å². The number of rotatable bonds is 8. The first-order valence-electron chi connectivity index (χ1n) is 8.12. The second kappa shape index (κ2) is 9.98. The largest absolute Gasteiger partial charge is 0.480 e. The molecule has 2 rings (SSSR count). The van der Waals surface area contributed by atoms with Gasteiger partial charge in [0.1, 0.15) is 5.75 Å². The van der Waals surface area contributed by atoms with Crippen LogP contribution in [0.25, 0.3) is 0 Å². The first kappa shape index (κ1) is 18.3. The summed E-state index contributed by atoms with van der Waals surface area (Å²) in [7, 11) is 0. The lowest BCUT2D eigenvalue weighted by molar-refractivity contribution is -0.150. The van der Waals surface area contributed by atoms with Crippen LogP contribution in [0.5, 0.6) is 5.75 Å². The zero-order valence-electron chi connectivity index (χ0n) is 13.6. The van der Waals surface area contributed by atoms with E-state index in [-0.39, 0.29) is 19.1 Å². The highest BCUT2D eigenvalue weighted by Gasteiger charge is 2.10. The van der Waals surface area contributed by atoms with Gasteiger partial charge in [-0.25, -0.2) is 4.79 Å². The Hall–Kier alpha value is -2.01. The molecule has 0 radical (unpaired) electrons. The molecule has 0 aromatic heterocycles. The third-order valence-electron chi connectivity index (χ3n) is 3.70. The van der Waals surface area contributed by atoms with Crippen molar-refractivity contribution in [1.29, 1.82) is 0 Å². The SMILES string of the molecule is O=C(COC(=O)COc1ccccc1Cl)NCCC1=CCCCC1. The summed E-state index contributed by atoms with van der Waals surface area (Å²) in [4.78, 5) is 23.2. The number of esters is 1. The third-order valence-corrected chi connectivity index (χ3v) is 4.01. The van der Waals surface area contributed by atoms with Crippen LogP contribution < -0.4 is 10.1 Å². The number of allylic oxidation sites excluding steroid dienone is 1. The molecule has 5 nitrogen and oxygen atoms in total. The first-order chi connectivity index (χ1) is 11.6. The van der Waals surface area contributed by atoms with E-state index in [2.05, 4.69) is 11.4 Å². The van der Waals surface area contributed by atoms with Crippen molar-refractivity contribution < 1.29 is 19.1 Å². The summed E-state index contributed by atoms with van der Waals surface area (Å²) in [6, 6.07) is 6.84. The van der Waals surface area contributed by atoms with E-state index in [4.69, 9.17) is 21.1 Å². The van der Waals surface area contributed by atoms with Crippen LogP contribution in [0.4, 0.5) is 0 Å². The molecule has 0 atom stereocenters. The fourth-order valence-electron chi connectivity index (χ4n) is 2.43. The average Bonchev–Trinajstić information content (AvgIpc) is 2.60. The van der Waals surface area contributed by atoms with Crippen molar-refractivity contribution in [2.45, 2.75) is 32.1 Å². The molecule has 1 amide bonds. The monoisotopic (exact) mass is 351 g/mol. The van der Waals surface area contributed by atoms with Gasteiger partial charge in [-0.2, -0.15) is 0 Å². The number of nitrogens with one attached hydrogen (secondary N) is 1. The van der Waals surface area contributed by atoms with Crippen LogP contribution in [-0.2, 0) is 14.3 Å². The van der Waals surface area contributed by atoms with Crippen LogP contribution in [-0.4, -0.2) is 31.6 Å². The minimum atomic E-state index is -0.611. The molecule has 0 unspecified atom stereocenters. The fraction of sp³-hybridized carbons (Fsp3) is 0.444. The summed E-state index contributed by atoms with van der Waals surface area (Å²) in [6.45, 7) is -0.0218. The van der Waals surface area contributed by atoms with Crippen LogP contribution in [0, 0.1) is 0 Å². The molecule has 0 heterocycles. The standard InChI is InChI=1S/C18H22ClNO4/c19-15-8-4-5-9-16(15)23-13-18(22)24-12-17(21)20-11-10-14-6-2-1-3-7-14/h4-6,8-9H,1-3,7,10-13H2,(H,20,21). The number of hydrogen-bond donors (Lipinski definition) is 1. The quantitative estimate of drug-likeness (QED) is 0.576. The highest BCUT2D eigenvalue weighted by molar-refractivity contribution is 6.32. The summed E-state index contributed by atoms with van der Waals surface area (Å²) in [6.07, 6.45) is 7.83. The summed E-state index contributed by atoms with van der Waals surface area (Å²) in [5.74, 6) is -0.515. The number of carbonyl (C=O) groups is 2. The Morgan fingerprint density at radius 1 is 1.17 bits per heavy atom. The normalized spacial score (nSPS) is 13.8. The number of hydrogen-bond acceptors (Lipinski definition) is 4. The molecular formula is C18H22ClNO4. The summed E-state index contributed by atoms with van der Waals surface area (Å²) in [5.41, 5.74) is 1.40. The Balaban J connectivity index is 1.58. The maximum absolute atomic E-state index is 11.6. The number of amides is 1. The Morgan fingerprint density at radius 3 is 2.75 bits per heavy atom. The van der Waals surface area contributed by atoms with Gasteiger partial charge in [0.25, 0.3) is 5.91 Å². The van der Waals surface area contributed by atoms with Gasteiger partial charge in [-0.1, -0.05) is 35.4 Å². The van der Waals surface area contributed by atoms with Gasteiger partial charge in [-0.15, -0.1) is 0 Å². The molecule has 1 aliphatic rings. The smallest absolute Gasteiger partial charge is 0.344 e. The maximum atomic E-state index is 11.6. The highest BCUT2D eigenvalue weighted by Crippen LogP contribution is 2.22. The van der Waals surface area contributed by atoms with E-state index < -0.39 is 5.97 Å².